The first-order chi connectivity index (χ1) is 11.4. The topological polar surface area (TPSA) is 62.8 Å². The monoisotopic (exact) mass is 347 g/mol. The first kappa shape index (κ1) is 16.2. The molecule has 122 valence electrons. The summed E-state index contributed by atoms with van der Waals surface area (Å²) in [6, 6.07) is 8.47. The molecule has 3 N–H and O–H groups in total. The van der Waals surface area contributed by atoms with Gasteiger partial charge in [0.2, 0.25) is 0 Å². The van der Waals surface area contributed by atoms with Crippen molar-refractivity contribution in [3.05, 3.63) is 70.0 Å². The molecule has 0 spiro atoms. The summed E-state index contributed by atoms with van der Waals surface area (Å²) in [6.45, 7) is 0. The fourth-order valence-corrected chi connectivity index (χ4v) is 3.14. The molecule has 0 unspecified atom stereocenters. The molecule has 0 aliphatic carbocycles. The van der Waals surface area contributed by atoms with Crippen molar-refractivity contribution in [3.8, 4) is 11.1 Å². The second-order valence-corrected chi connectivity index (χ2v) is 5.83. The van der Waals surface area contributed by atoms with Crippen molar-refractivity contribution < 1.29 is 13.2 Å². The largest absolute Gasteiger partial charge is 0.417 e. The van der Waals surface area contributed by atoms with E-state index in [2.05, 4.69) is 4.98 Å². The van der Waals surface area contributed by atoms with Gasteiger partial charge in [0.15, 0.2) is 0 Å². The lowest BCUT2D eigenvalue weighted by Crippen LogP contribution is -2.16. The van der Waals surface area contributed by atoms with Crippen LogP contribution in [0.4, 0.5) is 19.0 Å². The standard InChI is InChI=1S/C17H12F3N3S/c18-17(19,20)13-4-2-1-3-12(13)15(21)14-11(5-7-23-16(14)22)10-6-8-24-9-10/h1-9,21H,(H2,22,23). The SMILES string of the molecule is N=C(c1ccccc1C(F)(F)F)c1c(-c2ccsc2)ccnc1N. The van der Waals surface area contributed by atoms with Crippen molar-refractivity contribution in [3.63, 3.8) is 0 Å². The number of pyridine rings is 1. The summed E-state index contributed by atoms with van der Waals surface area (Å²) < 4.78 is 39.8. The van der Waals surface area contributed by atoms with Crippen LogP contribution >= 0.6 is 11.3 Å². The van der Waals surface area contributed by atoms with E-state index in [1.165, 1.54) is 35.7 Å². The van der Waals surface area contributed by atoms with Gasteiger partial charge in [-0.15, -0.1) is 0 Å². The summed E-state index contributed by atoms with van der Waals surface area (Å²) in [7, 11) is 0. The van der Waals surface area contributed by atoms with E-state index >= 15 is 0 Å². The number of hydrogen-bond acceptors (Lipinski definition) is 4. The lowest BCUT2D eigenvalue weighted by atomic mass is 9.92. The van der Waals surface area contributed by atoms with Crippen molar-refractivity contribution in [2.75, 3.05) is 5.73 Å². The van der Waals surface area contributed by atoms with E-state index in [1.54, 1.807) is 6.07 Å². The van der Waals surface area contributed by atoms with Gasteiger partial charge in [-0.1, -0.05) is 18.2 Å². The van der Waals surface area contributed by atoms with E-state index in [-0.39, 0.29) is 22.7 Å². The van der Waals surface area contributed by atoms with Gasteiger partial charge in [-0.25, -0.2) is 4.98 Å². The Morgan fingerprint density at radius 1 is 1.12 bits per heavy atom. The van der Waals surface area contributed by atoms with E-state index in [0.717, 1.165) is 11.6 Å². The molecule has 0 fully saturated rings. The number of aromatic nitrogens is 1. The van der Waals surface area contributed by atoms with Gasteiger partial charge in [-0.05, 0) is 40.1 Å². The molecular weight excluding hydrogens is 335 g/mol. The van der Waals surface area contributed by atoms with Crippen molar-refractivity contribution in [2.45, 2.75) is 6.18 Å². The summed E-state index contributed by atoms with van der Waals surface area (Å²) >= 11 is 1.45. The fourth-order valence-electron chi connectivity index (χ4n) is 2.48. The Morgan fingerprint density at radius 3 is 2.54 bits per heavy atom. The minimum atomic E-state index is -4.55. The smallest absolute Gasteiger partial charge is 0.383 e. The highest BCUT2D eigenvalue weighted by atomic mass is 32.1. The number of hydrogen-bond donors (Lipinski definition) is 2. The van der Waals surface area contributed by atoms with Crippen LogP contribution in [0.3, 0.4) is 0 Å². The molecule has 0 saturated heterocycles. The predicted octanol–water partition coefficient (Wildman–Crippen LogP) is 4.83. The van der Waals surface area contributed by atoms with Crippen LogP contribution in [0.2, 0.25) is 0 Å². The molecule has 0 atom stereocenters. The highest BCUT2D eigenvalue weighted by Crippen LogP contribution is 2.35. The molecule has 24 heavy (non-hydrogen) atoms. The number of alkyl halides is 3. The molecule has 2 heterocycles. The molecule has 0 amide bonds. The number of nitrogens with one attached hydrogen (secondary N) is 1. The maximum Gasteiger partial charge on any atom is 0.417 e. The lowest BCUT2D eigenvalue weighted by molar-refractivity contribution is -0.137. The molecule has 0 bridgehead atoms. The molecule has 0 saturated carbocycles. The average Bonchev–Trinajstić information content (AvgIpc) is 3.07. The van der Waals surface area contributed by atoms with E-state index < -0.39 is 11.7 Å². The van der Waals surface area contributed by atoms with Gasteiger partial charge in [-0.3, -0.25) is 5.41 Å². The Kier molecular flexibility index (Phi) is 4.11. The minimum Gasteiger partial charge on any atom is -0.383 e. The third kappa shape index (κ3) is 2.90. The highest BCUT2D eigenvalue weighted by molar-refractivity contribution is 7.08. The van der Waals surface area contributed by atoms with Crippen molar-refractivity contribution >= 4 is 22.9 Å². The average molecular weight is 347 g/mol. The first-order valence-electron chi connectivity index (χ1n) is 6.92. The number of nitrogens with zero attached hydrogens (tertiary/aromatic N) is 1. The zero-order chi connectivity index (χ0) is 17.3. The Hall–Kier alpha value is -2.67. The number of nitrogens with two attached hydrogens (primary N) is 1. The molecule has 3 aromatic rings. The van der Waals surface area contributed by atoms with Crippen LogP contribution in [0.25, 0.3) is 11.1 Å². The molecular formula is C17H12F3N3S. The van der Waals surface area contributed by atoms with Crippen LogP contribution in [0.5, 0.6) is 0 Å². The van der Waals surface area contributed by atoms with E-state index in [9.17, 15) is 13.2 Å². The summed E-state index contributed by atoms with van der Waals surface area (Å²) in [5.74, 6) is 0.0284. The molecule has 0 aliphatic heterocycles. The highest BCUT2D eigenvalue weighted by Gasteiger charge is 2.34. The quantitative estimate of drug-likeness (QED) is 0.667. The van der Waals surface area contributed by atoms with Crippen molar-refractivity contribution in [1.82, 2.24) is 4.98 Å². The summed E-state index contributed by atoms with van der Waals surface area (Å²) in [6.07, 6.45) is -3.07. The van der Waals surface area contributed by atoms with E-state index in [1.807, 2.05) is 16.8 Å². The zero-order valence-electron chi connectivity index (χ0n) is 12.3. The molecule has 2 aromatic heterocycles. The number of benzene rings is 1. The Bertz CT molecular complexity index is 886. The third-order valence-corrected chi connectivity index (χ3v) is 4.25. The maximum atomic E-state index is 13.3. The summed E-state index contributed by atoms with van der Waals surface area (Å²) in [5, 5.41) is 12.1. The number of anilines is 1. The lowest BCUT2D eigenvalue weighted by Gasteiger charge is -2.16. The molecule has 7 heteroatoms. The van der Waals surface area contributed by atoms with Gasteiger partial charge >= 0.3 is 6.18 Å². The van der Waals surface area contributed by atoms with Crippen LogP contribution in [-0.2, 0) is 6.18 Å². The Labute approximate surface area is 140 Å². The Balaban J connectivity index is 2.20. The molecule has 0 radical (unpaired) electrons. The molecule has 3 nitrogen and oxygen atoms in total. The number of halogens is 3. The second-order valence-electron chi connectivity index (χ2n) is 5.05. The van der Waals surface area contributed by atoms with Crippen LogP contribution in [0.15, 0.2) is 53.4 Å². The molecule has 3 rings (SSSR count). The van der Waals surface area contributed by atoms with E-state index in [0.29, 0.717) is 5.56 Å². The summed E-state index contributed by atoms with van der Waals surface area (Å²) in [5.41, 5.74) is 6.09. The predicted molar refractivity (Wildman–Crippen MR) is 89.3 cm³/mol. The van der Waals surface area contributed by atoms with Crippen LogP contribution in [0.1, 0.15) is 16.7 Å². The van der Waals surface area contributed by atoms with Crippen molar-refractivity contribution in [2.24, 2.45) is 0 Å². The number of nitrogen functional groups attached to an aromatic ring is 1. The van der Waals surface area contributed by atoms with Crippen LogP contribution in [-0.4, -0.2) is 10.7 Å². The van der Waals surface area contributed by atoms with Gasteiger partial charge in [-0.2, -0.15) is 24.5 Å². The number of rotatable bonds is 3. The molecule has 0 aliphatic rings. The van der Waals surface area contributed by atoms with Crippen LogP contribution in [0, 0.1) is 5.41 Å². The minimum absolute atomic E-state index is 0.0284. The number of thiophene rings is 1. The van der Waals surface area contributed by atoms with Crippen molar-refractivity contribution in [1.29, 1.82) is 5.41 Å². The fraction of sp³-hybridized carbons (Fsp3) is 0.0588. The van der Waals surface area contributed by atoms with Gasteiger partial charge in [0.1, 0.15) is 5.82 Å². The first-order valence-corrected chi connectivity index (χ1v) is 7.86. The van der Waals surface area contributed by atoms with Gasteiger partial charge in [0.25, 0.3) is 0 Å². The maximum absolute atomic E-state index is 13.3. The van der Waals surface area contributed by atoms with E-state index in [4.69, 9.17) is 11.1 Å². The summed E-state index contributed by atoms with van der Waals surface area (Å²) in [4.78, 5) is 3.95. The Morgan fingerprint density at radius 2 is 1.88 bits per heavy atom. The van der Waals surface area contributed by atoms with Gasteiger partial charge in [0.05, 0.1) is 16.8 Å². The molecule has 1 aromatic carbocycles. The third-order valence-electron chi connectivity index (χ3n) is 3.56. The van der Waals surface area contributed by atoms with Gasteiger partial charge in [0, 0.05) is 11.8 Å². The normalized spacial score (nSPS) is 11.5. The zero-order valence-corrected chi connectivity index (χ0v) is 13.1. The van der Waals surface area contributed by atoms with Crippen LogP contribution < -0.4 is 5.73 Å². The van der Waals surface area contributed by atoms with Gasteiger partial charge < -0.3 is 5.73 Å². The second kappa shape index (κ2) is 6.09.